The molecule has 0 spiro atoms. The van der Waals surface area contributed by atoms with Crippen LogP contribution in [0.1, 0.15) is 25.0 Å². The van der Waals surface area contributed by atoms with Gasteiger partial charge in [0.05, 0.1) is 0 Å². The molecule has 0 aliphatic carbocycles. The number of benzene rings is 3. The van der Waals surface area contributed by atoms with Crippen LogP contribution in [0, 0.1) is 4.37 Å². The van der Waals surface area contributed by atoms with Crippen LogP contribution in [-0.2, 0) is 22.7 Å². The van der Waals surface area contributed by atoms with E-state index in [1.165, 1.54) is 32.4 Å². The summed E-state index contributed by atoms with van der Waals surface area (Å²) in [6.07, 6.45) is 12.4. The van der Waals surface area contributed by atoms with Crippen LogP contribution in [0.15, 0.2) is 162 Å². The second kappa shape index (κ2) is 14.9. The van der Waals surface area contributed by atoms with Crippen LogP contribution in [0.5, 0.6) is 0 Å². The standard InChI is InChI=1S/C41H35N2OP.Os/c1-4-15-32-22-24-40(42-27-32)41-25-23-34(28-43-41)39(26-35-30-44-29-33(35)5-2)31(3)45(36-16-9-6-10-17-36,37-18-11-7-12-19-37)38-20-13-8-14-21-38;/h4-28H,29-30H2,1-2H3;/q+1;/b15-4+,33-5?,35-26?,39-31?;. The molecule has 2 aromatic heterocycles. The summed E-state index contributed by atoms with van der Waals surface area (Å²) < 4.78 is 9.77. The van der Waals surface area contributed by atoms with Gasteiger partial charge in [-0.2, -0.15) is 0 Å². The first kappa shape index (κ1) is 31.7. The van der Waals surface area contributed by atoms with Gasteiger partial charge in [-0.3, -0.25) is 0 Å². The number of hydrogen-bond acceptors (Lipinski definition) is 3. The maximum absolute atomic E-state index is 5.96. The molecule has 3 heterocycles. The molecule has 1 aliphatic rings. The quantitative estimate of drug-likeness (QED) is 0.149. The molecule has 1 fully saturated rings. The van der Waals surface area contributed by atoms with Crippen LogP contribution in [0.2, 0.25) is 0 Å². The van der Waals surface area contributed by atoms with Gasteiger partial charge in [0.1, 0.15) is 0 Å². The van der Waals surface area contributed by atoms with Gasteiger partial charge >= 0.3 is 271 Å². The van der Waals surface area contributed by atoms with Crippen molar-refractivity contribution in [1.82, 2.24) is 9.97 Å². The Morgan fingerprint density at radius 3 is 1.70 bits per heavy atom. The van der Waals surface area contributed by atoms with Crippen molar-refractivity contribution in [2.24, 2.45) is 0 Å². The van der Waals surface area contributed by atoms with Crippen LogP contribution in [-0.4, -0.2) is 23.2 Å². The van der Waals surface area contributed by atoms with E-state index in [0.29, 0.717) is 13.2 Å². The third kappa shape index (κ3) is 6.37. The summed E-state index contributed by atoms with van der Waals surface area (Å²) in [6.45, 7) is 5.29. The van der Waals surface area contributed by atoms with E-state index in [0.717, 1.165) is 28.1 Å². The van der Waals surface area contributed by atoms with E-state index in [4.69, 9.17) is 9.72 Å². The molecule has 227 valence electrons. The number of nitrogens with zero attached hydrogens (tertiary/aromatic N) is 2. The Morgan fingerprint density at radius 2 is 1.24 bits per heavy atom. The fraction of sp³-hybridized carbons (Fsp3) is 0.0976. The van der Waals surface area contributed by atoms with Crippen molar-refractivity contribution >= 4 is 34.8 Å². The number of hydrogen-bond donors (Lipinski definition) is 0. The first-order valence-corrected chi connectivity index (χ1v) is 18.4. The molecule has 0 bridgehead atoms. The zero-order valence-corrected chi connectivity index (χ0v) is 29.4. The summed E-state index contributed by atoms with van der Waals surface area (Å²) in [7, 11) is -2.43. The summed E-state index contributed by atoms with van der Waals surface area (Å²) in [6, 6.07) is 41.2. The van der Waals surface area contributed by atoms with Crippen molar-refractivity contribution in [1.29, 1.82) is 0 Å². The van der Waals surface area contributed by atoms with Crippen LogP contribution in [0.4, 0.5) is 0 Å². The maximum atomic E-state index is 5.96. The second-order valence-corrected chi connectivity index (χ2v) is 14.9. The van der Waals surface area contributed by atoms with E-state index in [1.54, 1.807) is 17.9 Å². The van der Waals surface area contributed by atoms with E-state index < -0.39 is 7.26 Å². The molecule has 0 amide bonds. The fourth-order valence-electron chi connectivity index (χ4n) is 5.95. The van der Waals surface area contributed by atoms with Gasteiger partial charge < -0.3 is 0 Å². The number of allylic oxidation sites excluding steroid dienone is 5. The summed E-state index contributed by atoms with van der Waals surface area (Å²) in [5.41, 5.74) is 7.30. The summed E-state index contributed by atoms with van der Waals surface area (Å²) in [5, 5.41) is 5.01. The first-order chi connectivity index (χ1) is 22.7. The van der Waals surface area contributed by atoms with Gasteiger partial charge in [-0.05, 0) is 6.92 Å². The van der Waals surface area contributed by atoms with E-state index in [9.17, 15) is 0 Å². The normalized spacial score (nSPS) is 15.7. The Hall–Kier alpha value is -4.27. The zero-order chi connectivity index (χ0) is 31.8. The summed E-state index contributed by atoms with van der Waals surface area (Å²) in [5.74, 6) is 0. The SMILES string of the molecule is CC=C1COCC1=CC(=C([C]#[Os])[P+](c1ccccc1)(c1ccccc1)c1ccccc1)c1ccc(-c2ccc(/C=C/C)cn2)nc1. The van der Waals surface area contributed by atoms with E-state index >= 15 is 0 Å². The Morgan fingerprint density at radius 1 is 0.696 bits per heavy atom. The zero-order valence-electron chi connectivity index (χ0n) is 26.0. The molecule has 5 heteroatoms. The third-order valence-corrected chi connectivity index (χ3v) is 13.6. The van der Waals surface area contributed by atoms with Gasteiger partial charge in [-0.15, -0.1) is 0 Å². The van der Waals surface area contributed by atoms with Crippen LogP contribution in [0.25, 0.3) is 23.0 Å². The number of rotatable bonds is 8. The Labute approximate surface area is 282 Å². The topological polar surface area (TPSA) is 35.0 Å². The Balaban J connectivity index is 1.66. The molecule has 1 aliphatic heterocycles. The van der Waals surface area contributed by atoms with Crippen LogP contribution < -0.4 is 15.9 Å². The van der Waals surface area contributed by atoms with Gasteiger partial charge in [-0.25, -0.2) is 0 Å². The fourth-order valence-corrected chi connectivity index (χ4v) is 11.8. The van der Waals surface area contributed by atoms with Crippen molar-refractivity contribution in [2.45, 2.75) is 13.8 Å². The van der Waals surface area contributed by atoms with Crippen molar-refractivity contribution in [2.75, 3.05) is 13.2 Å². The number of pyridine rings is 2. The van der Waals surface area contributed by atoms with Crippen molar-refractivity contribution in [3.63, 3.8) is 0 Å². The van der Waals surface area contributed by atoms with Crippen molar-refractivity contribution in [3.8, 4) is 15.8 Å². The monoisotopic (exact) mass is 794 g/mol. The van der Waals surface area contributed by atoms with Gasteiger partial charge in [0.15, 0.2) is 0 Å². The van der Waals surface area contributed by atoms with Gasteiger partial charge in [0, 0.05) is 0 Å². The third-order valence-electron chi connectivity index (χ3n) is 8.18. The molecule has 6 rings (SSSR count). The minimum atomic E-state index is -2.43. The van der Waals surface area contributed by atoms with Crippen molar-refractivity contribution in [3.05, 3.63) is 173 Å². The molecular weight excluding hydrogens is 758 g/mol. The van der Waals surface area contributed by atoms with Gasteiger partial charge in [0.2, 0.25) is 0 Å². The summed E-state index contributed by atoms with van der Waals surface area (Å²) >= 11 is 1.79. The molecule has 0 atom stereocenters. The number of ether oxygens (including phenoxy) is 1. The average Bonchev–Trinajstić information content (AvgIpc) is 3.59. The molecule has 5 aromatic rings. The molecular formula is C41H35N2OOsP+. The molecule has 0 N–H and O–H groups in total. The molecule has 3 nitrogen and oxygen atoms in total. The van der Waals surface area contributed by atoms with Gasteiger partial charge in [-0.1, -0.05) is 6.08 Å². The number of aromatic nitrogens is 2. The molecule has 3 aromatic carbocycles. The average molecular weight is 793 g/mol. The summed E-state index contributed by atoms with van der Waals surface area (Å²) in [4.78, 5) is 9.66. The van der Waals surface area contributed by atoms with Gasteiger partial charge in [0.25, 0.3) is 0 Å². The molecule has 0 radical (unpaired) electrons. The first-order valence-electron chi connectivity index (χ1n) is 15.3. The van der Waals surface area contributed by atoms with E-state index in [1.807, 2.05) is 37.5 Å². The molecule has 46 heavy (non-hydrogen) atoms. The minimum absolute atomic E-state index is 0.573. The van der Waals surface area contributed by atoms with Crippen molar-refractivity contribution < 1.29 is 22.7 Å². The molecule has 0 unspecified atom stereocenters. The predicted octanol–water partition coefficient (Wildman–Crippen LogP) is 8.29. The van der Waals surface area contributed by atoms with Crippen LogP contribution >= 0.6 is 7.26 Å². The molecule has 0 saturated carbocycles. The Kier molecular flexibility index (Phi) is 10.3. The van der Waals surface area contributed by atoms with E-state index in [2.05, 4.69) is 138 Å². The van der Waals surface area contributed by atoms with Crippen LogP contribution in [0.3, 0.4) is 0 Å². The predicted molar refractivity (Wildman–Crippen MR) is 191 cm³/mol. The molecule has 1 saturated heterocycles. The van der Waals surface area contributed by atoms with E-state index in [-0.39, 0.29) is 0 Å². The second-order valence-electron chi connectivity index (χ2n) is 10.9. The Bertz CT molecular complexity index is 1860.